The summed E-state index contributed by atoms with van der Waals surface area (Å²) in [6, 6.07) is 13.8. The van der Waals surface area contributed by atoms with Gasteiger partial charge in [-0.3, -0.25) is 43.6 Å². The van der Waals surface area contributed by atoms with Crippen molar-refractivity contribution in [1.82, 2.24) is 29.9 Å². The lowest BCUT2D eigenvalue weighted by atomic mass is 9.91. The number of carbonyl (C=O) groups is 8. The number of carboxylic acids is 1. The number of aliphatic carboxylic acids is 1. The molecule has 0 saturated carbocycles. The number of benzene rings is 2. The molecule has 3 aliphatic rings. The maximum atomic E-state index is 13.6. The van der Waals surface area contributed by atoms with Crippen molar-refractivity contribution >= 4 is 69.1 Å². The number of rotatable bonds is 25. The lowest BCUT2D eigenvalue weighted by Gasteiger charge is -2.38. The first-order chi connectivity index (χ1) is 37.1. The fraction of sp³-hybridized carbons (Fsp3) is 0.442. The van der Waals surface area contributed by atoms with Crippen LogP contribution in [0.25, 0.3) is 6.08 Å². The Morgan fingerprint density at radius 1 is 0.936 bits per heavy atom. The van der Waals surface area contributed by atoms with Gasteiger partial charge in [-0.25, -0.2) is 18.0 Å². The van der Waals surface area contributed by atoms with Crippen LogP contribution in [0.4, 0.5) is 10.5 Å². The van der Waals surface area contributed by atoms with Gasteiger partial charge in [0.2, 0.25) is 24.0 Å². The van der Waals surface area contributed by atoms with Crippen molar-refractivity contribution in [2.24, 2.45) is 5.92 Å². The average molecular weight is 1110 g/mol. The Labute approximate surface area is 449 Å². The van der Waals surface area contributed by atoms with Gasteiger partial charge >= 0.3 is 12.1 Å². The van der Waals surface area contributed by atoms with Crippen molar-refractivity contribution in [3.8, 4) is 11.5 Å². The van der Waals surface area contributed by atoms with Crippen LogP contribution in [0.2, 0.25) is 0 Å². The molecule has 0 bridgehead atoms. The summed E-state index contributed by atoms with van der Waals surface area (Å²) >= 11 is 0. The molecule has 2 aromatic carbocycles. The van der Waals surface area contributed by atoms with E-state index in [-0.39, 0.29) is 54.1 Å². The molecule has 6 rings (SSSR count). The Balaban J connectivity index is 1.04. The van der Waals surface area contributed by atoms with Crippen LogP contribution in [0.3, 0.4) is 0 Å². The minimum atomic E-state index is -3.61. The van der Waals surface area contributed by atoms with Crippen molar-refractivity contribution < 1.29 is 86.1 Å². The molecule has 4 heterocycles. The lowest BCUT2D eigenvalue weighted by molar-refractivity contribution is -0.271. The maximum absolute atomic E-state index is 13.6. The number of aliphatic hydroxyl groups excluding tert-OH is 3. The second kappa shape index (κ2) is 28.0. The highest BCUT2D eigenvalue weighted by Crippen LogP contribution is 2.32. The van der Waals surface area contributed by atoms with Gasteiger partial charge in [0.05, 0.1) is 18.0 Å². The van der Waals surface area contributed by atoms with Crippen molar-refractivity contribution in [3.05, 3.63) is 102 Å². The Morgan fingerprint density at radius 2 is 1.68 bits per heavy atom. The quantitative estimate of drug-likeness (QED) is 0.0297. The van der Waals surface area contributed by atoms with E-state index in [0.29, 0.717) is 31.1 Å². The number of nitrogens with zero attached hydrogens (tertiary/aromatic N) is 5. The summed E-state index contributed by atoms with van der Waals surface area (Å²) in [6.07, 6.45) is 2.57. The molecule has 6 N–H and O–H groups in total. The number of imide groups is 1. The topological polar surface area (TPSA) is 338 Å². The van der Waals surface area contributed by atoms with E-state index in [0.717, 1.165) is 70.8 Å². The molecule has 2 fully saturated rings. The first kappa shape index (κ1) is 59.5. The van der Waals surface area contributed by atoms with E-state index in [1.54, 1.807) is 47.6 Å². The molecule has 26 heteroatoms. The van der Waals surface area contributed by atoms with Crippen LogP contribution in [0.5, 0.6) is 11.5 Å². The summed E-state index contributed by atoms with van der Waals surface area (Å²) < 4.78 is 46.9. The summed E-state index contributed by atoms with van der Waals surface area (Å²) in [5, 5.41) is 46.2. The maximum Gasteiger partial charge on any atom is 0.412 e. The number of amides is 7. The fourth-order valence-electron chi connectivity index (χ4n) is 8.36. The number of pyridine rings is 1. The largest absolute Gasteiger partial charge is 0.479 e. The molecule has 7 amide bonds. The standard InChI is InChI=1S/C52H63N7O18S/c1-56(42(62)19-24-59-43(63)15-16-44(59)64)30-41(61)55-38-27-35(11-13-39(38)76-51-47(67)45(65)46(66)48(77-51)50(69)70)31-74-52(71)58(25-26-78(2,72)73)32-75-37-10-5-9-36(28-37)49(68)57-22-17-33(18-23-57)7-3-4-21-54-40(60)14-12-34-8-6-20-53-29-34/h5-6,8-16,20,27-29,33,45-48,51,65-67H,3-4,7,17-19,21-26,30-32H2,1-2H3,(H,54,60)(H,55,61)(H,69,70)/b14-12+/t45-,46-,47+,48-,51+/m0/s1. The minimum Gasteiger partial charge on any atom is -0.479 e. The van der Waals surface area contributed by atoms with Crippen LogP contribution >= 0.6 is 0 Å². The number of carbonyl (C=O) groups excluding carboxylic acids is 7. The zero-order chi connectivity index (χ0) is 56.5. The van der Waals surface area contributed by atoms with E-state index in [1.807, 2.05) is 6.07 Å². The Morgan fingerprint density at radius 3 is 2.37 bits per heavy atom. The van der Waals surface area contributed by atoms with Gasteiger partial charge < -0.3 is 59.8 Å². The van der Waals surface area contributed by atoms with E-state index in [4.69, 9.17) is 18.9 Å². The molecule has 0 unspecified atom stereocenters. The third kappa shape index (κ3) is 17.6. The van der Waals surface area contributed by atoms with Crippen LogP contribution < -0.4 is 20.1 Å². The number of anilines is 1. The summed E-state index contributed by atoms with van der Waals surface area (Å²) in [5.74, 6) is -4.86. The molecule has 420 valence electrons. The van der Waals surface area contributed by atoms with Gasteiger partial charge in [-0.15, -0.1) is 0 Å². The number of likely N-dealkylation sites (N-methyl/N-ethyl adjacent to an activating group) is 1. The van der Waals surface area contributed by atoms with Crippen LogP contribution in [0.1, 0.15) is 60.0 Å². The van der Waals surface area contributed by atoms with Crippen LogP contribution in [-0.4, -0.2) is 197 Å². The molecule has 3 aromatic rings. The van der Waals surface area contributed by atoms with Gasteiger partial charge in [-0.1, -0.05) is 31.0 Å². The summed E-state index contributed by atoms with van der Waals surface area (Å²) in [6.45, 7) is -0.580. The van der Waals surface area contributed by atoms with Crippen molar-refractivity contribution in [2.45, 2.75) is 75.8 Å². The number of aliphatic hydroxyl groups is 3. The van der Waals surface area contributed by atoms with E-state index < -0.39 is 102 Å². The third-order valence-corrected chi connectivity index (χ3v) is 13.7. The zero-order valence-electron chi connectivity index (χ0n) is 42.9. The minimum absolute atomic E-state index is 0.175. The highest BCUT2D eigenvalue weighted by molar-refractivity contribution is 7.90. The Kier molecular flexibility index (Phi) is 21.4. The van der Waals surface area contributed by atoms with Gasteiger partial charge in [-0.2, -0.15) is 0 Å². The smallest absolute Gasteiger partial charge is 0.412 e. The molecular formula is C52H63N7O18S. The number of sulfone groups is 1. The van der Waals surface area contributed by atoms with E-state index in [1.165, 1.54) is 37.4 Å². The molecule has 0 spiro atoms. The molecule has 3 aliphatic heterocycles. The lowest BCUT2D eigenvalue weighted by Crippen LogP contribution is -2.61. The van der Waals surface area contributed by atoms with E-state index >= 15 is 0 Å². The Bertz CT molecular complexity index is 2810. The number of hydrogen-bond donors (Lipinski definition) is 6. The second-order valence-corrected chi connectivity index (χ2v) is 21.0. The Hall–Kier alpha value is -7.78. The molecular weight excluding hydrogens is 1040 g/mol. The number of ether oxygens (including phenoxy) is 4. The SMILES string of the molecule is CN(CC(=O)Nc1cc(COC(=O)N(CCS(C)(=O)=O)COc2cccc(C(=O)N3CCC(CCCCNC(=O)/C=C/c4cccnc4)CC3)c2)ccc1O[C@@H]1O[C@H](C(=O)O)[C@@H](O)[C@H](O)[C@H]1O)C(=O)CCN1C(=O)C=CC1=O. The molecule has 0 radical (unpaired) electrons. The van der Waals surface area contributed by atoms with Crippen molar-refractivity contribution in [3.63, 3.8) is 0 Å². The molecule has 0 aliphatic carbocycles. The molecule has 5 atom stereocenters. The van der Waals surface area contributed by atoms with Crippen LogP contribution in [-0.2, 0) is 54.7 Å². The first-order valence-corrected chi connectivity index (χ1v) is 27.0. The third-order valence-electron chi connectivity index (χ3n) is 12.8. The van der Waals surface area contributed by atoms with E-state index in [9.17, 15) is 67.2 Å². The van der Waals surface area contributed by atoms with Crippen LogP contribution in [0, 0.1) is 5.92 Å². The number of likely N-dealkylation sites (tertiary alicyclic amines) is 1. The molecule has 78 heavy (non-hydrogen) atoms. The average Bonchev–Trinajstić information content (AvgIpc) is 3.76. The normalized spacial score (nSPS) is 19.6. The summed E-state index contributed by atoms with van der Waals surface area (Å²) in [4.78, 5) is 110. The van der Waals surface area contributed by atoms with Crippen molar-refractivity contribution in [2.75, 3.05) is 70.4 Å². The number of unbranched alkanes of at least 4 members (excludes halogenated alkanes) is 1. The molecule has 25 nitrogen and oxygen atoms in total. The number of aromatic nitrogens is 1. The number of carboxylic acid groups (broad SMARTS) is 1. The van der Waals surface area contributed by atoms with Gasteiger partial charge in [0, 0.05) is 88.6 Å². The predicted octanol–water partition coefficient (Wildman–Crippen LogP) is 0.936. The fourth-order valence-corrected chi connectivity index (χ4v) is 8.91. The highest BCUT2D eigenvalue weighted by atomic mass is 32.2. The summed E-state index contributed by atoms with van der Waals surface area (Å²) in [5.41, 5.74) is 1.15. The molecule has 2 saturated heterocycles. The molecule has 1 aromatic heterocycles. The van der Waals surface area contributed by atoms with Gasteiger partial charge in [0.25, 0.3) is 17.7 Å². The highest BCUT2D eigenvalue weighted by Gasteiger charge is 2.48. The number of piperidine rings is 1. The number of hydrogen-bond acceptors (Lipinski definition) is 18. The monoisotopic (exact) mass is 1110 g/mol. The van der Waals surface area contributed by atoms with Gasteiger partial charge in [-0.05, 0) is 78.8 Å². The number of nitrogens with one attached hydrogen (secondary N) is 2. The zero-order valence-corrected chi connectivity index (χ0v) is 43.7. The first-order valence-electron chi connectivity index (χ1n) is 24.9. The van der Waals surface area contributed by atoms with E-state index in [2.05, 4.69) is 15.6 Å². The predicted molar refractivity (Wildman–Crippen MR) is 275 cm³/mol. The summed E-state index contributed by atoms with van der Waals surface area (Å²) in [7, 11) is -2.33. The van der Waals surface area contributed by atoms with Crippen molar-refractivity contribution in [1.29, 1.82) is 0 Å². The van der Waals surface area contributed by atoms with Crippen LogP contribution in [0.15, 0.2) is 85.2 Å². The van der Waals surface area contributed by atoms with Gasteiger partial charge in [0.15, 0.2) is 12.8 Å². The second-order valence-electron chi connectivity index (χ2n) is 18.8. The van der Waals surface area contributed by atoms with Gasteiger partial charge in [0.1, 0.15) is 46.3 Å².